The molecule has 0 atom stereocenters. The Labute approximate surface area is 50.7 Å². The Morgan fingerprint density at radius 3 is 2.14 bits per heavy atom. The van der Waals surface area contributed by atoms with Crippen LogP contribution in [0.2, 0.25) is 0 Å². The molecule has 0 aromatic carbocycles. The van der Waals surface area contributed by atoms with E-state index in [0.29, 0.717) is 0 Å². The van der Waals surface area contributed by atoms with Gasteiger partial charge in [0.2, 0.25) is 0 Å². The van der Waals surface area contributed by atoms with E-state index in [4.69, 9.17) is 12.6 Å². The van der Waals surface area contributed by atoms with Crippen LogP contribution in [0.5, 0.6) is 0 Å². The molecule has 0 amide bonds. The van der Waals surface area contributed by atoms with Gasteiger partial charge in [0.15, 0.2) is 0 Å². The molecular weight excluding hydrogens is 104 g/mol. The molecule has 1 radical (unpaired) electrons. The van der Waals surface area contributed by atoms with E-state index in [0.717, 1.165) is 11.7 Å². The molecule has 1 aliphatic carbocycles. The van der Waals surface area contributed by atoms with Crippen LogP contribution in [0.15, 0.2) is 0 Å². The van der Waals surface area contributed by atoms with Crippen molar-refractivity contribution >= 4 is 12.6 Å². The Hall–Kier alpha value is 0.350. The predicted molar refractivity (Wildman–Crippen MR) is 34.4 cm³/mol. The predicted octanol–water partition coefficient (Wildman–Crippen LogP) is 2.37. The van der Waals surface area contributed by atoms with Gasteiger partial charge in [-0.2, -0.15) is 0 Å². The molecule has 0 N–H and O–H groups in total. The van der Waals surface area contributed by atoms with E-state index in [1.54, 1.807) is 0 Å². The topological polar surface area (TPSA) is 0 Å². The first-order valence-corrected chi connectivity index (χ1v) is 3.59. The lowest BCUT2D eigenvalue weighted by Crippen LogP contribution is -1.91. The first-order valence-electron chi connectivity index (χ1n) is 3.01. The van der Waals surface area contributed by atoms with Gasteiger partial charge in [-0.1, -0.05) is 25.5 Å². The van der Waals surface area contributed by atoms with E-state index in [1.165, 1.54) is 25.7 Å². The number of hydrogen-bond acceptors (Lipinski definition) is 0. The summed E-state index contributed by atoms with van der Waals surface area (Å²) in [6.45, 7) is 0. The van der Waals surface area contributed by atoms with E-state index in [2.05, 4.69) is 0 Å². The van der Waals surface area contributed by atoms with Crippen molar-refractivity contribution in [3.05, 3.63) is 0 Å². The molecule has 0 aromatic heterocycles. The average Bonchev–Trinajstić information content (AvgIpc) is 2.14. The highest BCUT2D eigenvalue weighted by molar-refractivity contribution is 7.80. The summed E-state index contributed by atoms with van der Waals surface area (Å²) in [4.78, 5) is 0. The maximum atomic E-state index is 4.91. The van der Waals surface area contributed by atoms with Gasteiger partial charge in [-0.05, 0) is 18.8 Å². The van der Waals surface area contributed by atoms with Crippen LogP contribution in [0.25, 0.3) is 0 Å². The number of hydrogen-bond donors (Lipinski definition) is 0. The van der Waals surface area contributed by atoms with Gasteiger partial charge in [0.25, 0.3) is 0 Å². The van der Waals surface area contributed by atoms with Crippen LogP contribution < -0.4 is 0 Å². The lowest BCUT2D eigenvalue weighted by atomic mass is 10.1. The van der Waals surface area contributed by atoms with E-state index >= 15 is 0 Å². The van der Waals surface area contributed by atoms with E-state index in [9.17, 15) is 0 Å². The minimum absolute atomic E-state index is 0.912. The molecule has 0 aliphatic heterocycles. The normalized spacial score (nSPS) is 23.6. The van der Waals surface area contributed by atoms with Crippen LogP contribution in [0.1, 0.15) is 25.7 Å². The quantitative estimate of drug-likeness (QED) is 0.492. The maximum Gasteiger partial charge on any atom is 0.00653 e. The van der Waals surface area contributed by atoms with Gasteiger partial charge >= 0.3 is 0 Å². The molecule has 7 heavy (non-hydrogen) atoms. The van der Waals surface area contributed by atoms with Crippen molar-refractivity contribution < 1.29 is 0 Å². The summed E-state index contributed by atoms with van der Waals surface area (Å²) >= 11 is 4.91. The molecule has 1 saturated carbocycles. The summed E-state index contributed by atoms with van der Waals surface area (Å²) < 4.78 is 0. The highest BCUT2D eigenvalue weighted by atomic mass is 32.1. The second-order valence-electron chi connectivity index (χ2n) is 2.32. The molecule has 0 nitrogen and oxygen atoms in total. The standard InChI is InChI=1S/C6H11S/c7-5-6-3-1-2-4-6/h6H,1-5H2. The molecule has 0 aromatic rings. The summed E-state index contributed by atoms with van der Waals surface area (Å²) in [7, 11) is 0. The molecule has 0 unspecified atom stereocenters. The van der Waals surface area contributed by atoms with E-state index in [-0.39, 0.29) is 0 Å². The Kier molecular flexibility index (Phi) is 2.04. The van der Waals surface area contributed by atoms with Gasteiger partial charge in [-0.3, -0.25) is 0 Å². The summed E-state index contributed by atoms with van der Waals surface area (Å²) in [5.74, 6) is 1.91. The van der Waals surface area contributed by atoms with Gasteiger partial charge in [-0.15, -0.1) is 0 Å². The Morgan fingerprint density at radius 1 is 1.29 bits per heavy atom. The fourth-order valence-electron chi connectivity index (χ4n) is 1.18. The summed E-state index contributed by atoms with van der Waals surface area (Å²) in [6.07, 6.45) is 5.68. The molecule has 1 fully saturated rings. The zero-order valence-corrected chi connectivity index (χ0v) is 5.34. The third-order valence-electron chi connectivity index (χ3n) is 1.71. The molecular formula is C6H11S. The molecule has 0 heterocycles. The third kappa shape index (κ3) is 1.37. The summed E-state index contributed by atoms with van der Waals surface area (Å²) in [5.41, 5.74) is 0. The smallest absolute Gasteiger partial charge is 0.00653 e. The van der Waals surface area contributed by atoms with Crippen molar-refractivity contribution in [3.8, 4) is 0 Å². The Bertz CT molecular complexity index is 46.1. The fraction of sp³-hybridized carbons (Fsp3) is 1.00. The minimum Gasteiger partial charge on any atom is -0.0939 e. The van der Waals surface area contributed by atoms with Crippen LogP contribution >= 0.6 is 12.6 Å². The second kappa shape index (κ2) is 2.61. The first-order chi connectivity index (χ1) is 3.43. The largest absolute Gasteiger partial charge is 0.0939 e. The zero-order valence-electron chi connectivity index (χ0n) is 4.52. The molecule has 0 spiro atoms. The highest BCUT2D eigenvalue weighted by Gasteiger charge is 2.11. The van der Waals surface area contributed by atoms with Gasteiger partial charge in [0.1, 0.15) is 0 Å². The van der Waals surface area contributed by atoms with Gasteiger partial charge < -0.3 is 0 Å². The molecule has 1 rings (SSSR count). The van der Waals surface area contributed by atoms with Crippen LogP contribution in [0, 0.1) is 5.92 Å². The van der Waals surface area contributed by atoms with Crippen molar-refractivity contribution in [1.29, 1.82) is 0 Å². The summed E-state index contributed by atoms with van der Waals surface area (Å²) in [5, 5.41) is 0. The molecule has 0 saturated heterocycles. The van der Waals surface area contributed by atoms with Crippen LogP contribution in [-0.4, -0.2) is 5.75 Å². The lowest BCUT2D eigenvalue weighted by molar-refractivity contribution is 0.625. The first kappa shape index (κ1) is 5.49. The SMILES string of the molecule is [S]CC1CCCC1. The Balaban J connectivity index is 2.14. The summed E-state index contributed by atoms with van der Waals surface area (Å²) in [6, 6.07) is 0. The van der Waals surface area contributed by atoms with Crippen molar-refractivity contribution in [2.75, 3.05) is 5.75 Å². The van der Waals surface area contributed by atoms with Crippen molar-refractivity contribution in [3.63, 3.8) is 0 Å². The Morgan fingerprint density at radius 2 is 1.86 bits per heavy atom. The second-order valence-corrected chi connectivity index (χ2v) is 2.65. The van der Waals surface area contributed by atoms with E-state index in [1.807, 2.05) is 0 Å². The molecule has 1 aliphatic rings. The van der Waals surface area contributed by atoms with Crippen LogP contribution in [-0.2, 0) is 0 Å². The van der Waals surface area contributed by atoms with E-state index < -0.39 is 0 Å². The number of rotatable bonds is 1. The lowest BCUT2D eigenvalue weighted by Gasteiger charge is -1.98. The minimum atomic E-state index is 0.912. The van der Waals surface area contributed by atoms with Gasteiger partial charge in [-0.25, -0.2) is 0 Å². The van der Waals surface area contributed by atoms with Crippen molar-refractivity contribution in [2.24, 2.45) is 5.92 Å². The van der Waals surface area contributed by atoms with Crippen molar-refractivity contribution in [2.45, 2.75) is 25.7 Å². The fourth-order valence-corrected chi connectivity index (χ4v) is 1.51. The monoisotopic (exact) mass is 115 g/mol. The van der Waals surface area contributed by atoms with Gasteiger partial charge in [0.05, 0.1) is 0 Å². The molecule has 1 heteroatoms. The molecule has 41 valence electrons. The van der Waals surface area contributed by atoms with Crippen molar-refractivity contribution in [1.82, 2.24) is 0 Å². The zero-order chi connectivity index (χ0) is 5.11. The average molecular weight is 115 g/mol. The third-order valence-corrected chi connectivity index (χ3v) is 2.18. The maximum absolute atomic E-state index is 4.91. The molecule has 0 bridgehead atoms. The van der Waals surface area contributed by atoms with Gasteiger partial charge in [0, 0.05) is 5.75 Å². The highest BCUT2D eigenvalue weighted by Crippen LogP contribution is 2.24. The van der Waals surface area contributed by atoms with Crippen LogP contribution in [0.4, 0.5) is 0 Å². The van der Waals surface area contributed by atoms with Crippen LogP contribution in [0.3, 0.4) is 0 Å².